The Morgan fingerprint density at radius 1 is 0.425 bits per heavy atom. The quantitative estimate of drug-likeness (QED) is 0.333. The molecule has 0 saturated heterocycles. The van der Waals surface area contributed by atoms with Crippen LogP contribution in [0.15, 0.2) is 48.5 Å². The van der Waals surface area contributed by atoms with E-state index in [1.54, 1.807) is 12.1 Å². The molecular weight excluding hydrogens is 492 g/mol. The van der Waals surface area contributed by atoms with Gasteiger partial charge in [-0.25, -0.2) is 0 Å². The van der Waals surface area contributed by atoms with E-state index in [1.165, 1.54) is 0 Å². The molecule has 4 nitrogen and oxygen atoms in total. The molecule has 3 rings (SSSR count). The molecule has 0 aromatic heterocycles. The molecule has 0 bridgehead atoms. The van der Waals surface area contributed by atoms with E-state index in [0.29, 0.717) is 23.0 Å². The first-order valence-electron chi connectivity index (χ1n) is 13.9. The second kappa shape index (κ2) is 10.7. The lowest BCUT2D eigenvalue weighted by Crippen LogP contribution is -2.16. The molecule has 0 saturated carbocycles. The molecule has 0 atom stereocenters. The number of ether oxygens (including phenoxy) is 2. The van der Waals surface area contributed by atoms with Crippen LogP contribution in [0.25, 0.3) is 0 Å². The number of hydrogen-bond donors (Lipinski definition) is 0. The predicted molar refractivity (Wildman–Crippen MR) is 164 cm³/mol. The Morgan fingerprint density at radius 2 is 0.675 bits per heavy atom. The summed E-state index contributed by atoms with van der Waals surface area (Å²) in [6.45, 7) is 26.1. The van der Waals surface area contributed by atoms with Crippen molar-refractivity contribution in [2.45, 2.75) is 105 Å². The fourth-order valence-corrected chi connectivity index (χ4v) is 4.21. The van der Waals surface area contributed by atoms with Crippen molar-refractivity contribution in [3.05, 3.63) is 81.9 Å². The van der Waals surface area contributed by atoms with Gasteiger partial charge in [-0.15, -0.1) is 0 Å². The van der Waals surface area contributed by atoms with Crippen LogP contribution >= 0.6 is 0 Å². The Bertz CT molecular complexity index is 1310. The number of nitrogens with zero attached hydrogens (tertiary/aromatic N) is 2. The Kier molecular flexibility index (Phi) is 8.21. The van der Waals surface area contributed by atoms with Gasteiger partial charge in [-0.05, 0) is 68.2 Å². The molecular formula is C36H44N2O2. The monoisotopic (exact) mass is 536 g/mol. The minimum absolute atomic E-state index is 0.0854. The van der Waals surface area contributed by atoms with Crippen molar-refractivity contribution in [3.8, 4) is 35.1 Å². The second-order valence-corrected chi connectivity index (χ2v) is 14.8. The van der Waals surface area contributed by atoms with Crippen LogP contribution in [-0.4, -0.2) is 0 Å². The molecule has 40 heavy (non-hydrogen) atoms. The fraction of sp³-hybridized carbons (Fsp3) is 0.444. The highest BCUT2D eigenvalue weighted by atomic mass is 16.5. The number of rotatable bonds is 4. The van der Waals surface area contributed by atoms with Crippen LogP contribution in [0.1, 0.15) is 116 Å². The standard InChI is InChI=1S/C36H44N2O2/c1-33(2,3)25-15-26(34(4,5)6)18-29(17-25)39-31-13-23(21-37)24(22-38)14-32(31)40-30-19-27(35(7,8)9)16-28(20-30)36(10,11)12/h13-20H,1-12H3. The Hall–Kier alpha value is -3.76. The third-order valence-electron chi connectivity index (χ3n) is 7.06. The SMILES string of the molecule is CC(C)(C)c1cc(Oc2cc(C#N)c(C#N)cc2Oc2cc(C(C)(C)C)cc(C(C)(C)C)c2)cc(C(C)(C)C)c1. The topological polar surface area (TPSA) is 66.0 Å². The van der Waals surface area contributed by atoms with Gasteiger partial charge in [-0.3, -0.25) is 0 Å². The maximum atomic E-state index is 9.78. The highest BCUT2D eigenvalue weighted by Crippen LogP contribution is 2.41. The Morgan fingerprint density at radius 3 is 0.875 bits per heavy atom. The van der Waals surface area contributed by atoms with Crippen molar-refractivity contribution in [3.63, 3.8) is 0 Å². The van der Waals surface area contributed by atoms with Crippen LogP contribution in [-0.2, 0) is 21.7 Å². The van der Waals surface area contributed by atoms with Gasteiger partial charge in [-0.2, -0.15) is 10.5 Å². The van der Waals surface area contributed by atoms with E-state index in [4.69, 9.17) is 9.47 Å². The first-order chi connectivity index (χ1) is 18.2. The zero-order valence-electron chi connectivity index (χ0n) is 26.3. The van der Waals surface area contributed by atoms with E-state index in [-0.39, 0.29) is 32.8 Å². The van der Waals surface area contributed by atoms with E-state index in [9.17, 15) is 10.5 Å². The molecule has 0 aliphatic heterocycles. The van der Waals surface area contributed by atoms with Crippen LogP contribution in [0.5, 0.6) is 23.0 Å². The van der Waals surface area contributed by atoms with E-state index in [1.807, 2.05) is 24.3 Å². The van der Waals surface area contributed by atoms with Crippen molar-refractivity contribution in [2.24, 2.45) is 0 Å². The van der Waals surface area contributed by atoms with Gasteiger partial charge < -0.3 is 9.47 Å². The molecule has 0 aliphatic carbocycles. The van der Waals surface area contributed by atoms with Crippen LogP contribution < -0.4 is 9.47 Å². The van der Waals surface area contributed by atoms with Crippen molar-refractivity contribution < 1.29 is 9.47 Å². The average Bonchev–Trinajstić information content (AvgIpc) is 2.82. The van der Waals surface area contributed by atoms with Gasteiger partial charge in [0.05, 0.1) is 11.1 Å². The summed E-state index contributed by atoms with van der Waals surface area (Å²) in [5, 5.41) is 19.6. The largest absolute Gasteiger partial charge is 0.453 e. The summed E-state index contributed by atoms with van der Waals surface area (Å²) in [5.74, 6) is 2.10. The van der Waals surface area contributed by atoms with E-state index >= 15 is 0 Å². The third-order valence-corrected chi connectivity index (χ3v) is 7.06. The van der Waals surface area contributed by atoms with Crippen molar-refractivity contribution in [1.82, 2.24) is 0 Å². The van der Waals surface area contributed by atoms with Crippen molar-refractivity contribution in [2.75, 3.05) is 0 Å². The molecule has 4 heteroatoms. The van der Waals surface area contributed by atoms with E-state index in [2.05, 4.69) is 107 Å². The molecule has 0 aliphatic rings. The van der Waals surface area contributed by atoms with Crippen molar-refractivity contribution >= 4 is 0 Å². The van der Waals surface area contributed by atoms with Gasteiger partial charge >= 0.3 is 0 Å². The minimum Gasteiger partial charge on any atom is -0.453 e. The van der Waals surface area contributed by atoms with Gasteiger partial charge in [0.2, 0.25) is 0 Å². The molecule has 0 amide bonds. The molecule has 0 N–H and O–H groups in total. The zero-order valence-corrected chi connectivity index (χ0v) is 26.3. The van der Waals surface area contributed by atoms with Gasteiger partial charge in [0, 0.05) is 12.1 Å². The highest BCUT2D eigenvalue weighted by Gasteiger charge is 2.24. The Labute approximate surface area is 241 Å². The molecule has 0 heterocycles. The average molecular weight is 537 g/mol. The number of benzene rings is 3. The molecule has 0 fully saturated rings. The maximum absolute atomic E-state index is 9.78. The minimum atomic E-state index is -0.0854. The van der Waals surface area contributed by atoms with E-state index in [0.717, 1.165) is 22.3 Å². The van der Waals surface area contributed by atoms with Crippen LogP contribution in [0, 0.1) is 22.7 Å². The van der Waals surface area contributed by atoms with Gasteiger partial charge in [0.1, 0.15) is 23.6 Å². The van der Waals surface area contributed by atoms with Gasteiger partial charge in [0.25, 0.3) is 0 Å². The summed E-state index contributed by atoms with van der Waals surface area (Å²) >= 11 is 0. The molecule has 3 aromatic rings. The molecule has 0 radical (unpaired) electrons. The zero-order chi connectivity index (χ0) is 30.3. The highest BCUT2D eigenvalue weighted by molar-refractivity contribution is 5.58. The summed E-state index contributed by atoms with van der Waals surface area (Å²) in [5.41, 5.74) is 4.75. The summed E-state index contributed by atoms with van der Waals surface area (Å²) in [6.07, 6.45) is 0. The van der Waals surface area contributed by atoms with Gasteiger partial charge in [0.15, 0.2) is 11.5 Å². The maximum Gasteiger partial charge on any atom is 0.171 e. The predicted octanol–water partition coefficient (Wildman–Crippen LogP) is 10.2. The van der Waals surface area contributed by atoms with Crippen LogP contribution in [0.3, 0.4) is 0 Å². The second-order valence-electron chi connectivity index (χ2n) is 14.8. The molecule has 3 aromatic carbocycles. The fourth-order valence-electron chi connectivity index (χ4n) is 4.21. The molecule has 0 spiro atoms. The third kappa shape index (κ3) is 7.25. The molecule has 0 unspecified atom stereocenters. The van der Waals surface area contributed by atoms with E-state index < -0.39 is 0 Å². The number of nitriles is 2. The summed E-state index contributed by atoms with van der Waals surface area (Å²) in [6, 6.07) is 20.1. The lowest BCUT2D eigenvalue weighted by molar-refractivity contribution is 0.414. The summed E-state index contributed by atoms with van der Waals surface area (Å²) < 4.78 is 13.0. The van der Waals surface area contributed by atoms with Crippen LogP contribution in [0.4, 0.5) is 0 Å². The lowest BCUT2D eigenvalue weighted by Gasteiger charge is -2.27. The first kappa shape index (κ1) is 30.8. The number of hydrogen-bond acceptors (Lipinski definition) is 4. The first-order valence-corrected chi connectivity index (χ1v) is 13.9. The Balaban J connectivity index is 2.22. The van der Waals surface area contributed by atoms with Crippen LogP contribution in [0.2, 0.25) is 0 Å². The summed E-state index contributed by atoms with van der Waals surface area (Å²) in [7, 11) is 0. The smallest absolute Gasteiger partial charge is 0.171 e. The normalized spacial score (nSPS) is 12.4. The van der Waals surface area contributed by atoms with Gasteiger partial charge in [-0.1, -0.05) is 95.2 Å². The van der Waals surface area contributed by atoms with Crippen molar-refractivity contribution in [1.29, 1.82) is 10.5 Å². The molecule has 210 valence electrons. The summed E-state index contributed by atoms with van der Waals surface area (Å²) in [4.78, 5) is 0. The lowest BCUT2D eigenvalue weighted by atomic mass is 9.80.